The summed E-state index contributed by atoms with van der Waals surface area (Å²) in [5.74, 6) is 0.476. The predicted octanol–water partition coefficient (Wildman–Crippen LogP) is 3.78. The lowest BCUT2D eigenvalue weighted by Gasteiger charge is -2.33. The number of hydrogen-bond donors (Lipinski definition) is 0. The molecule has 0 heterocycles. The van der Waals surface area contributed by atoms with Crippen LogP contribution in [0.1, 0.15) is 45.4 Å². The third kappa shape index (κ3) is 4.73. The summed E-state index contributed by atoms with van der Waals surface area (Å²) in [6, 6.07) is 6.29. The Balaban J connectivity index is 1.78. The highest BCUT2D eigenvalue weighted by atomic mass is 19.1. The van der Waals surface area contributed by atoms with Crippen LogP contribution in [-0.4, -0.2) is 30.0 Å². The van der Waals surface area contributed by atoms with Gasteiger partial charge in [0.25, 0.3) is 0 Å². The Hall–Kier alpha value is -1.58. The molecule has 0 aromatic heterocycles. The number of amides is 1. The fraction of sp³-hybridized carbons (Fsp3) is 0.588. The summed E-state index contributed by atoms with van der Waals surface area (Å²) in [4.78, 5) is 14.3. The first-order valence-corrected chi connectivity index (χ1v) is 7.88. The van der Waals surface area contributed by atoms with Gasteiger partial charge in [-0.3, -0.25) is 4.79 Å². The molecule has 0 saturated heterocycles. The molecule has 2 rings (SSSR count). The van der Waals surface area contributed by atoms with Gasteiger partial charge < -0.3 is 9.64 Å². The number of halogens is 1. The van der Waals surface area contributed by atoms with Gasteiger partial charge in [-0.1, -0.05) is 19.3 Å². The van der Waals surface area contributed by atoms with Gasteiger partial charge in [-0.2, -0.15) is 0 Å². The molecule has 0 radical (unpaired) electrons. The van der Waals surface area contributed by atoms with Gasteiger partial charge in [0, 0.05) is 12.6 Å². The van der Waals surface area contributed by atoms with Crippen molar-refractivity contribution >= 4 is 5.91 Å². The molecule has 1 aliphatic rings. The molecule has 1 aliphatic carbocycles. The van der Waals surface area contributed by atoms with Gasteiger partial charge in [0.2, 0.25) is 5.91 Å². The van der Waals surface area contributed by atoms with E-state index in [-0.39, 0.29) is 11.7 Å². The summed E-state index contributed by atoms with van der Waals surface area (Å²) >= 11 is 0. The van der Waals surface area contributed by atoms with E-state index in [1.54, 1.807) is 12.1 Å². The molecule has 0 aliphatic heterocycles. The van der Waals surface area contributed by atoms with Crippen LogP contribution in [0.5, 0.6) is 5.75 Å². The normalized spacial score (nSPS) is 15.7. The van der Waals surface area contributed by atoms with Crippen molar-refractivity contribution in [3.63, 3.8) is 0 Å². The zero-order valence-corrected chi connectivity index (χ0v) is 12.7. The molecule has 0 bridgehead atoms. The third-order valence-corrected chi connectivity index (χ3v) is 4.07. The first-order valence-electron chi connectivity index (χ1n) is 7.88. The molecule has 0 atom stereocenters. The van der Waals surface area contributed by atoms with Gasteiger partial charge in [0.1, 0.15) is 11.6 Å². The molecule has 1 amide bonds. The lowest BCUT2D eigenvalue weighted by molar-refractivity contribution is -0.134. The van der Waals surface area contributed by atoms with Crippen LogP contribution in [0, 0.1) is 5.82 Å². The third-order valence-electron chi connectivity index (χ3n) is 4.07. The van der Waals surface area contributed by atoms with Crippen molar-refractivity contribution < 1.29 is 13.9 Å². The van der Waals surface area contributed by atoms with Crippen molar-refractivity contribution in [2.24, 2.45) is 0 Å². The Morgan fingerprint density at radius 1 is 1.24 bits per heavy atom. The average molecular weight is 293 g/mol. The summed E-state index contributed by atoms with van der Waals surface area (Å²) in [6.07, 6.45) is 6.36. The maximum Gasteiger partial charge on any atom is 0.226 e. The second-order valence-electron chi connectivity index (χ2n) is 5.52. The van der Waals surface area contributed by atoms with Crippen LogP contribution < -0.4 is 4.74 Å². The Morgan fingerprint density at radius 3 is 2.52 bits per heavy atom. The average Bonchev–Trinajstić information content (AvgIpc) is 2.51. The smallest absolute Gasteiger partial charge is 0.226 e. The van der Waals surface area contributed by atoms with Crippen molar-refractivity contribution in [3.05, 3.63) is 30.1 Å². The van der Waals surface area contributed by atoms with Gasteiger partial charge >= 0.3 is 0 Å². The molecule has 1 aromatic rings. The van der Waals surface area contributed by atoms with Crippen molar-refractivity contribution in [1.29, 1.82) is 0 Å². The molecular formula is C17H24FNO2. The van der Waals surface area contributed by atoms with Crippen molar-refractivity contribution in [1.82, 2.24) is 4.90 Å². The molecular weight excluding hydrogens is 269 g/mol. The number of nitrogens with zero attached hydrogens (tertiary/aromatic N) is 1. The largest absolute Gasteiger partial charge is 0.493 e. The van der Waals surface area contributed by atoms with E-state index in [4.69, 9.17) is 4.74 Å². The second kappa shape index (κ2) is 8.01. The fourth-order valence-electron chi connectivity index (χ4n) is 2.96. The molecule has 0 unspecified atom stereocenters. The number of rotatable bonds is 6. The van der Waals surface area contributed by atoms with E-state index in [1.165, 1.54) is 31.4 Å². The molecule has 4 heteroatoms. The number of hydrogen-bond acceptors (Lipinski definition) is 2. The monoisotopic (exact) mass is 293 g/mol. The predicted molar refractivity (Wildman–Crippen MR) is 80.8 cm³/mol. The molecule has 0 N–H and O–H groups in total. The van der Waals surface area contributed by atoms with Crippen molar-refractivity contribution in [2.45, 2.75) is 51.5 Å². The van der Waals surface area contributed by atoms with E-state index in [0.717, 1.165) is 19.4 Å². The maximum atomic E-state index is 12.8. The summed E-state index contributed by atoms with van der Waals surface area (Å²) in [5.41, 5.74) is 0. The van der Waals surface area contributed by atoms with Crippen LogP contribution in [0.25, 0.3) is 0 Å². The van der Waals surface area contributed by atoms with Crippen LogP contribution in [0.2, 0.25) is 0 Å². The van der Waals surface area contributed by atoms with E-state index in [9.17, 15) is 9.18 Å². The minimum Gasteiger partial charge on any atom is -0.493 e. The second-order valence-corrected chi connectivity index (χ2v) is 5.52. The van der Waals surface area contributed by atoms with Gasteiger partial charge in [0.15, 0.2) is 0 Å². The quantitative estimate of drug-likeness (QED) is 0.799. The fourth-order valence-corrected chi connectivity index (χ4v) is 2.96. The highest BCUT2D eigenvalue weighted by Gasteiger charge is 2.23. The number of carbonyl (C=O) groups is 1. The van der Waals surface area contributed by atoms with Gasteiger partial charge in [-0.25, -0.2) is 4.39 Å². The molecule has 3 nitrogen and oxygen atoms in total. The minimum atomic E-state index is -0.284. The maximum absolute atomic E-state index is 12.8. The molecule has 116 valence electrons. The number of ether oxygens (including phenoxy) is 1. The molecule has 1 aromatic carbocycles. The molecule has 1 fully saturated rings. The minimum absolute atomic E-state index is 0.159. The van der Waals surface area contributed by atoms with Gasteiger partial charge in [-0.15, -0.1) is 0 Å². The first-order chi connectivity index (χ1) is 10.2. The Kier molecular flexibility index (Phi) is 6.03. The summed E-state index contributed by atoms with van der Waals surface area (Å²) in [6.45, 7) is 3.14. The Morgan fingerprint density at radius 2 is 1.90 bits per heavy atom. The highest BCUT2D eigenvalue weighted by Crippen LogP contribution is 2.23. The van der Waals surface area contributed by atoms with E-state index in [2.05, 4.69) is 0 Å². The van der Waals surface area contributed by atoms with Gasteiger partial charge in [-0.05, 0) is 44.0 Å². The summed E-state index contributed by atoms with van der Waals surface area (Å²) in [5, 5.41) is 0. The van der Waals surface area contributed by atoms with Crippen LogP contribution in [-0.2, 0) is 4.79 Å². The van der Waals surface area contributed by atoms with E-state index in [1.807, 2.05) is 11.8 Å². The zero-order chi connectivity index (χ0) is 15.1. The lowest BCUT2D eigenvalue weighted by atomic mass is 9.94. The Labute approximate surface area is 126 Å². The standard InChI is InChI=1S/C17H24FNO2/c1-2-19(15-6-4-3-5-7-15)17(20)12-13-21-16-10-8-14(18)9-11-16/h8-11,15H,2-7,12-13H2,1H3. The van der Waals surface area contributed by atoms with Crippen LogP contribution in [0.3, 0.4) is 0 Å². The lowest BCUT2D eigenvalue weighted by Crippen LogP contribution is -2.41. The summed E-state index contributed by atoms with van der Waals surface area (Å²) < 4.78 is 18.3. The summed E-state index contributed by atoms with van der Waals surface area (Å²) in [7, 11) is 0. The van der Waals surface area contributed by atoms with Crippen molar-refractivity contribution in [2.75, 3.05) is 13.2 Å². The molecule has 1 saturated carbocycles. The number of benzene rings is 1. The highest BCUT2D eigenvalue weighted by molar-refractivity contribution is 5.76. The van der Waals surface area contributed by atoms with E-state index >= 15 is 0 Å². The van der Waals surface area contributed by atoms with E-state index in [0.29, 0.717) is 24.8 Å². The van der Waals surface area contributed by atoms with Crippen LogP contribution >= 0.6 is 0 Å². The van der Waals surface area contributed by atoms with Crippen LogP contribution in [0.4, 0.5) is 4.39 Å². The van der Waals surface area contributed by atoms with E-state index < -0.39 is 0 Å². The van der Waals surface area contributed by atoms with Gasteiger partial charge in [0.05, 0.1) is 13.0 Å². The van der Waals surface area contributed by atoms with Crippen LogP contribution in [0.15, 0.2) is 24.3 Å². The van der Waals surface area contributed by atoms with Crippen molar-refractivity contribution in [3.8, 4) is 5.75 Å². The number of carbonyl (C=O) groups excluding carboxylic acids is 1. The molecule has 21 heavy (non-hydrogen) atoms. The SMILES string of the molecule is CCN(C(=O)CCOc1ccc(F)cc1)C1CCCCC1. The Bertz CT molecular complexity index is 441. The first kappa shape index (κ1) is 15.8. The zero-order valence-electron chi connectivity index (χ0n) is 12.7. The molecule has 0 spiro atoms. The topological polar surface area (TPSA) is 29.5 Å².